The summed E-state index contributed by atoms with van der Waals surface area (Å²) in [6.07, 6.45) is 1.77. The van der Waals surface area contributed by atoms with Gasteiger partial charge in [-0.2, -0.15) is 5.26 Å². The molecule has 1 aliphatic heterocycles. The molecule has 1 aliphatic rings. The maximum atomic E-state index is 11.9. The Balaban J connectivity index is 2.13. The number of hydrogen-bond donors (Lipinski definition) is 0. The van der Waals surface area contributed by atoms with E-state index in [1.807, 2.05) is 36.4 Å². The largest absolute Gasteiger partial charge is 0.467 e. The van der Waals surface area contributed by atoms with Gasteiger partial charge >= 0.3 is 5.97 Å². The molecule has 0 aromatic heterocycles. The number of rotatable bonds is 2. The molecule has 106 valence electrons. The fraction of sp³-hybridized carbons (Fsp3) is 0.294. The zero-order valence-corrected chi connectivity index (χ0v) is 11.9. The summed E-state index contributed by atoms with van der Waals surface area (Å²) in [7, 11) is 1.43. The average Bonchev–Trinajstić information content (AvgIpc) is 3.02. The smallest absolute Gasteiger partial charge is 0.328 e. The Labute approximate surface area is 123 Å². The first-order valence-corrected chi connectivity index (χ1v) is 7.02. The Morgan fingerprint density at radius 3 is 2.76 bits per heavy atom. The van der Waals surface area contributed by atoms with E-state index in [9.17, 15) is 10.1 Å². The van der Waals surface area contributed by atoms with Gasteiger partial charge in [-0.05, 0) is 25.0 Å². The minimum Gasteiger partial charge on any atom is -0.467 e. The molecule has 1 fully saturated rings. The quantitative estimate of drug-likeness (QED) is 0.794. The predicted molar refractivity (Wildman–Crippen MR) is 81.0 cm³/mol. The van der Waals surface area contributed by atoms with E-state index in [2.05, 4.69) is 11.0 Å². The Bertz CT molecular complexity index is 733. The van der Waals surface area contributed by atoms with Crippen LogP contribution in [0.1, 0.15) is 18.4 Å². The number of esters is 1. The Morgan fingerprint density at radius 2 is 2.05 bits per heavy atom. The first kappa shape index (κ1) is 13.4. The first-order valence-electron chi connectivity index (χ1n) is 7.02. The molecule has 4 heteroatoms. The SMILES string of the molecule is COC(=O)C1CCCN1c1ccc(C#N)c2ccccc12. The fourth-order valence-corrected chi connectivity index (χ4v) is 3.07. The third-order valence-corrected chi connectivity index (χ3v) is 4.06. The zero-order valence-electron chi connectivity index (χ0n) is 11.9. The highest BCUT2D eigenvalue weighted by atomic mass is 16.5. The molecule has 0 N–H and O–H groups in total. The van der Waals surface area contributed by atoms with Crippen molar-refractivity contribution in [3.05, 3.63) is 42.0 Å². The van der Waals surface area contributed by atoms with Crippen LogP contribution in [-0.4, -0.2) is 25.7 Å². The van der Waals surface area contributed by atoms with Crippen LogP contribution in [0.3, 0.4) is 0 Å². The van der Waals surface area contributed by atoms with Gasteiger partial charge in [0.1, 0.15) is 6.04 Å². The van der Waals surface area contributed by atoms with Gasteiger partial charge in [-0.3, -0.25) is 0 Å². The van der Waals surface area contributed by atoms with Gasteiger partial charge < -0.3 is 9.64 Å². The van der Waals surface area contributed by atoms with Crippen molar-refractivity contribution in [1.29, 1.82) is 5.26 Å². The van der Waals surface area contributed by atoms with E-state index >= 15 is 0 Å². The van der Waals surface area contributed by atoms with Crippen molar-refractivity contribution in [2.75, 3.05) is 18.6 Å². The maximum absolute atomic E-state index is 11.9. The first-order chi connectivity index (χ1) is 10.3. The molecule has 1 heterocycles. The second-order valence-electron chi connectivity index (χ2n) is 5.16. The number of methoxy groups -OCH3 is 1. The van der Waals surface area contributed by atoms with Gasteiger partial charge in [0.15, 0.2) is 0 Å². The molecule has 0 radical (unpaired) electrons. The van der Waals surface area contributed by atoms with E-state index in [-0.39, 0.29) is 12.0 Å². The van der Waals surface area contributed by atoms with Crippen molar-refractivity contribution in [3.8, 4) is 6.07 Å². The van der Waals surface area contributed by atoms with Crippen LogP contribution in [0.5, 0.6) is 0 Å². The molecule has 1 saturated heterocycles. The van der Waals surface area contributed by atoms with Crippen LogP contribution in [0.25, 0.3) is 10.8 Å². The standard InChI is InChI=1S/C17H16N2O2/c1-21-17(20)16-7-4-10-19(16)15-9-8-12(11-18)13-5-2-3-6-14(13)15/h2-3,5-6,8-9,16H,4,7,10H2,1H3. The molecular weight excluding hydrogens is 264 g/mol. The number of anilines is 1. The summed E-state index contributed by atoms with van der Waals surface area (Å²) >= 11 is 0. The average molecular weight is 280 g/mol. The van der Waals surface area contributed by atoms with E-state index in [1.165, 1.54) is 7.11 Å². The van der Waals surface area contributed by atoms with Crippen LogP contribution in [0, 0.1) is 11.3 Å². The Hall–Kier alpha value is -2.54. The molecule has 21 heavy (non-hydrogen) atoms. The van der Waals surface area contributed by atoms with Crippen LogP contribution in [0.15, 0.2) is 36.4 Å². The van der Waals surface area contributed by atoms with Crippen molar-refractivity contribution in [3.63, 3.8) is 0 Å². The van der Waals surface area contributed by atoms with Gasteiger partial charge in [-0.1, -0.05) is 24.3 Å². The second-order valence-corrected chi connectivity index (χ2v) is 5.16. The third-order valence-electron chi connectivity index (χ3n) is 4.06. The highest BCUT2D eigenvalue weighted by Crippen LogP contribution is 2.34. The van der Waals surface area contributed by atoms with Gasteiger partial charge in [0.05, 0.1) is 18.7 Å². The lowest BCUT2D eigenvalue weighted by atomic mass is 10.0. The van der Waals surface area contributed by atoms with Crippen LogP contribution in [0.2, 0.25) is 0 Å². The van der Waals surface area contributed by atoms with Crippen molar-refractivity contribution in [2.24, 2.45) is 0 Å². The minimum absolute atomic E-state index is 0.194. The summed E-state index contributed by atoms with van der Waals surface area (Å²) in [5, 5.41) is 11.2. The molecule has 0 aliphatic carbocycles. The monoisotopic (exact) mass is 280 g/mol. The number of hydrogen-bond acceptors (Lipinski definition) is 4. The normalized spacial score (nSPS) is 17.7. The number of ether oxygens (including phenoxy) is 1. The molecule has 4 nitrogen and oxygen atoms in total. The highest BCUT2D eigenvalue weighted by molar-refractivity contribution is 5.99. The number of carbonyl (C=O) groups is 1. The van der Waals surface area contributed by atoms with Crippen LogP contribution >= 0.6 is 0 Å². The van der Waals surface area contributed by atoms with Crippen LogP contribution in [0.4, 0.5) is 5.69 Å². The van der Waals surface area contributed by atoms with Crippen molar-refractivity contribution >= 4 is 22.4 Å². The number of fused-ring (bicyclic) bond motifs is 1. The lowest BCUT2D eigenvalue weighted by Gasteiger charge is -2.26. The molecule has 0 amide bonds. The van der Waals surface area contributed by atoms with E-state index in [0.29, 0.717) is 5.56 Å². The fourth-order valence-electron chi connectivity index (χ4n) is 3.07. The molecule has 1 unspecified atom stereocenters. The maximum Gasteiger partial charge on any atom is 0.328 e. The molecule has 2 aromatic carbocycles. The molecule has 3 rings (SSSR count). The zero-order chi connectivity index (χ0) is 14.8. The van der Waals surface area contributed by atoms with Gasteiger partial charge in [0, 0.05) is 23.0 Å². The lowest BCUT2D eigenvalue weighted by Crippen LogP contribution is -2.36. The van der Waals surface area contributed by atoms with Gasteiger partial charge in [0.25, 0.3) is 0 Å². The highest BCUT2D eigenvalue weighted by Gasteiger charge is 2.32. The summed E-state index contributed by atoms with van der Waals surface area (Å²) in [5.41, 5.74) is 1.65. The summed E-state index contributed by atoms with van der Waals surface area (Å²) in [4.78, 5) is 14.0. The van der Waals surface area contributed by atoms with Crippen molar-refractivity contribution in [1.82, 2.24) is 0 Å². The molecule has 0 saturated carbocycles. The van der Waals surface area contributed by atoms with E-state index in [1.54, 1.807) is 0 Å². The van der Waals surface area contributed by atoms with E-state index < -0.39 is 0 Å². The number of carbonyl (C=O) groups excluding carboxylic acids is 1. The summed E-state index contributed by atoms with van der Waals surface area (Å²) in [6.45, 7) is 0.829. The predicted octanol–water partition coefficient (Wildman–Crippen LogP) is 2.85. The molecule has 1 atom stereocenters. The Kier molecular flexibility index (Phi) is 3.49. The number of nitrogens with zero attached hydrogens (tertiary/aromatic N) is 2. The molecular formula is C17H16N2O2. The minimum atomic E-state index is -0.230. The van der Waals surface area contributed by atoms with Crippen molar-refractivity contribution in [2.45, 2.75) is 18.9 Å². The van der Waals surface area contributed by atoms with E-state index in [4.69, 9.17) is 4.74 Å². The summed E-state index contributed by atoms with van der Waals surface area (Å²) in [5.74, 6) is -0.194. The van der Waals surface area contributed by atoms with E-state index in [0.717, 1.165) is 35.8 Å². The molecule has 2 aromatic rings. The summed E-state index contributed by atoms with van der Waals surface area (Å²) < 4.78 is 4.91. The van der Waals surface area contributed by atoms with Crippen LogP contribution in [-0.2, 0) is 9.53 Å². The number of benzene rings is 2. The second kappa shape index (κ2) is 5.45. The molecule has 0 spiro atoms. The van der Waals surface area contributed by atoms with Crippen LogP contribution < -0.4 is 4.90 Å². The molecule has 0 bridgehead atoms. The van der Waals surface area contributed by atoms with Gasteiger partial charge in [0.2, 0.25) is 0 Å². The lowest BCUT2D eigenvalue weighted by molar-refractivity contribution is -0.141. The van der Waals surface area contributed by atoms with Crippen molar-refractivity contribution < 1.29 is 9.53 Å². The Morgan fingerprint density at radius 1 is 1.29 bits per heavy atom. The number of nitriles is 1. The van der Waals surface area contributed by atoms with Gasteiger partial charge in [-0.15, -0.1) is 0 Å². The summed E-state index contributed by atoms with van der Waals surface area (Å²) in [6, 6.07) is 13.6. The van der Waals surface area contributed by atoms with Gasteiger partial charge in [-0.25, -0.2) is 4.79 Å². The third kappa shape index (κ3) is 2.21. The topological polar surface area (TPSA) is 53.3 Å².